The van der Waals surface area contributed by atoms with Crippen molar-refractivity contribution in [1.29, 1.82) is 0 Å². The van der Waals surface area contributed by atoms with Crippen LogP contribution in [0.15, 0.2) is 29.1 Å². The van der Waals surface area contributed by atoms with Crippen LogP contribution in [0.25, 0.3) is 11.1 Å². The molecule has 0 spiro atoms. The first-order valence-corrected chi connectivity index (χ1v) is 6.59. The summed E-state index contributed by atoms with van der Waals surface area (Å²) in [5.74, 6) is 0. The van der Waals surface area contributed by atoms with Crippen molar-refractivity contribution in [1.82, 2.24) is 19.7 Å². The van der Waals surface area contributed by atoms with Crippen LogP contribution in [0.5, 0.6) is 0 Å². The van der Waals surface area contributed by atoms with E-state index in [1.165, 1.54) is 4.90 Å². The average Bonchev–Trinajstić information content (AvgIpc) is 2.74. The van der Waals surface area contributed by atoms with E-state index in [0.29, 0.717) is 19.6 Å². The topological polar surface area (TPSA) is 71.2 Å². The Morgan fingerprint density at radius 1 is 1.32 bits per heavy atom. The predicted molar refractivity (Wildman–Crippen MR) is 71.6 cm³/mol. The van der Waals surface area contributed by atoms with E-state index < -0.39 is 6.09 Å². The van der Waals surface area contributed by atoms with Crippen LogP contribution in [-0.2, 0) is 13.1 Å². The molecule has 0 unspecified atom stereocenters. The predicted octanol–water partition coefficient (Wildman–Crippen LogP) is 2.20. The Bertz CT molecular complexity index is 626. The Kier molecular flexibility index (Phi) is 2.98. The Labute approximate surface area is 117 Å². The molecule has 1 N–H and O–H groups in total. The highest BCUT2D eigenvalue weighted by molar-refractivity contribution is 9.10. The highest BCUT2D eigenvalue weighted by Gasteiger charge is 2.26. The molecule has 19 heavy (non-hydrogen) atoms. The molecule has 98 valence electrons. The first-order chi connectivity index (χ1) is 9.16. The molecule has 1 amide bonds. The number of fused-ring (bicyclic) bond motifs is 1. The van der Waals surface area contributed by atoms with Gasteiger partial charge in [-0.15, -0.1) is 0 Å². The molecule has 0 aliphatic carbocycles. The molecule has 0 saturated carbocycles. The lowest BCUT2D eigenvalue weighted by Crippen LogP contribution is -2.37. The van der Waals surface area contributed by atoms with Crippen molar-refractivity contribution >= 4 is 22.0 Å². The lowest BCUT2D eigenvalue weighted by molar-refractivity contribution is 0.131. The summed E-state index contributed by atoms with van der Waals surface area (Å²) in [6.45, 7) is 1.39. The third-order valence-corrected chi connectivity index (χ3v) is 3.73. The average molecular weight is 323 g/mol. The van der Waals surface area contributed by atoms with E-state index >= 15 is 0 Å². The minimum absolute atomic E-state index is 0.353. The maximum absolute atomic E-state index is 11.1. The van der Waals surface area contributed by atoms with Gasteiger partial charge in [0.2, 0.25) is 0 Å². The summed E-state index contributed by atoms with van der Waals surface area (Å²) in [6.07, 6.45) is 2.53. The molecule has 6 nitrogen and oxygen atoms in total. The van der Waals surface area contributed by atoms with Gasteiger partial charge >= 0.3 is 6.09 Å². The van der Waals surface area contributed by atoms with Crippen molar-refractivity contribution in [3.05, 3.63) is 34.8 Å². The Morgan fingerprint density at radius 2 is 2.05 bits per heavy atom. The second-order valence-corrected chi connectivity index (χ2v) is 5.03. The van der Waals surface area contributed by atoms with Crippen molar-refractivity contribution in [2.24, 2.45) is 0 Å². The minimum Gasteiger partial charge on any atom is -0.465 e. The van der Waals surface area contributed by atoms with Gasteiger partial charge in [0.25, 0.3) is 0 Å². The third kappa shape index (κ3) is 2.10. The fraction of sp³-hybridized carbons (Fsp3) is 0.250. The minimum atomic E-state index is -0.899. The van der Waals surface area contributed by atoms with Crippen molar-refractivity contribution < 1.29 is 9.90 Å². The first kappa shape index (κ1) is 12.2. The summed E-state index contributed by atoms with van der Waals surface area (Å²) >= 11 is 3.45. The molecule has 0 radical (unpaired) electrons. The zero-order chi connectivity index (χ0) is 13.4. The van der Waals surface area contributed by atoms with Crippen LogP contribution in [0.1, 0.15) is 5.69 Å². The maximum Gasteiger partial charge on any atom is 0.407 e. The van der Waals surface area contributed by atoms with E-state index in [0.717, 1.165) is 21.4 Å². The van der Waals surface area contributed by atoms with Crippen LogP contribution in [0.3, 0.4) is 0 Å². The molecular weight excluding hydrogens is 312 g/mol. The van der Waals surface area contributed by atoms with Crippen molar-refractivity contribution in [3.63, 3.8) is 0 Å². The second kappa shape index (κ2) is 4.65. The van der Waals surface area contributed by atoms with Crippen LogP contribution < -0.4 is 0 Å². The van der Waals surface area contributed by atoms with Crippen LogP contribution in [0, 0.1) is 0 Å². The van der Waals surface area contributed by atoms with Gasteiger partial charge in [0.1, 0.15) is 4.60 Å². The lowest BCUT2D eigenvalue weighted by Gasteiger charge is -2.25. The molecule has 0 bridgehead atoms. The van der Waals surface area contributed by atoms with Crippen LogP contribution in [-0.4, -0.2) is 37.4 Å². The maximum atomic E-state index is 11.1. The zero-order valence-corrected chi connectivity index (χ0v) is 11.5. The Balaban J connectivity index is 2.08. The van der Waals surface area contributed by atoms with Gasteiger partial charge in [-0.3, -0.25) is 9.67 Å². The molecule has 3 heterocycles. The Hall–Kier alpha value is -1.89. The van der Waals surface area contributed by atoms with E-state index in [4.69, 9.17) is 5.11 Å². The quantitative estimate of drug-likeness (QED) is 0.873. The van der Waals surface area contributed by atoms with E-state index in [-0.39, 0.29) is 0 Å². The summed E-state index contributed by atoms with van der Waals surface area (Å²) in [4.78, 5) is 16.5. The summed E-state index contributed by atoms with van der Waals surface area (Å²) in [6, 6.07) is 3.78. The molecule has 1 aliphatic heterocycles. The second-order valence-electron chi connectivity index (χ2n) is 4.28. The molecule has 0 saturated heterocycles. The molecular formula is C12H11BrN4O2. The summed E-state index contributed by atoms with van der Waals surface area (Å²) in [5.41, 5.74) is 2.83. The van der Waals surface area contributed by atoms with Crippen LogP contribution in [0.4, 0.5) is 4.79 Å². The molecule has 2 aromatic rings. The number of carboxylic acid groups (broad SMARTS) is 1. The lowest BCUT2D eigenvalue weighted by atomic mass is 10.1. The number of amides is 1. The zero-order valence-electron chi connectivity index (χ0n) is 9.95. The third-order valence-electron chi connectivity index (χ3n) is 3.18. The number of halogens is 1. The smallest absolute Gasteiger partial charge is 0.407 e. The van der Waals surface area contributed by atoms with Gasteiger partial charge in [0.05, 0.1) is 18.8 Å². The fourth-order valence-electron chi connectivity index (χ4n) is 2.25. The van der Waals surface area contributed by atoms with Gasteiger partial charge in [0.15, 0.2) is 0 Å². The van der Waals surface area contributed by atoms with Crippen molar-refractivity contribution in [2.45, 2.75) is 13.1 Å². The number of hydrogen-bond donors (Lipinski definition) is 1. The van der Waals surface area contributed by atoms with Gasteiger partial charge in [-0.2, -0.15) is 5.10 Å². The monoisotopic (exact) mass is 322 g/mol. The summed E-state index contributed by atoms with van der Waals surface area (Å²) < 4.78 is 2.60. The number of aromatic nitrogens is 3. The van der Waals surface area contributed by atoms with Gasteiger partial charge in [0, 0.05) is 24.5 Å². The molecule has 0 atom stereocenters. The molecule has 7 heteroatoms. The normalized spacial score (nSPS) is 14.3. The van der Waals surface area contributed by atoms with Crippen molar-refractivity contribution in [3.8, 4) is 11.1 Å². The first-order valence-electron chi connectivity index (χ1n) is 5.80. The highest BCUT2D eigenvalue weighted by Crippen LogP contribution is 2.33. The van der Waals surface area contributed by atoms with Crippen LogP contribution in [0.2, 0.25) is 0 Å². The van der Waals surface area contributed by atoms with Crippen molar-refractivity contribution in [2.75, 3.05) is 6.54 Å². The number of hydrogen-bond acceptors (Lipinski definition) is 3. The molecule has 1 aliphatic rings. The largest absolute Gasteiger partial charge is 0.465 e. The molecule has 3 rings (SSSR count). The van der Waals surface area contributed by atoms with E-state index in [1.807, 2.05) is 16.8 Å². The number of pyridine rings is 1. The number of rotatable bonds is 1. The molecule has 0 aromatic carbocycles. The van der Waals surface area contributed by atoms with E-state index in [2.05, 4.69) is 26.0 Å². The molecule has 0 fully saturated rings. The fourth-order valence-corrected chi connectivity index (χ4v) is 2.90. The van der Waals surface area contributed by atoms with Gasteiger partial charge in [-0.1, -0.05) is 0 Å². The molecule has 2 aromatic heterocycles. The van der Waals surface area contributed by atoms with Gasteiger partial charge in [-0.05, 0) is 33.6 Å². The highest BCUT2D eigenvalue weighted by atomic mass is 79.9. The summed E-state index contributed by atoms with van der Waals surface area (Å²) in [7, 11) is 0. The van der Waals surface area contributed by atoms with E-state index in [9.17, 15) is 4.79 Å². The summed E-state index contributed by atoms with van der Waals surface area (Å²) in [5, 5.41) is 13.5. The number of carbonyl (C=O) groups is 1. The Morgan fingerprint density at radius 3 is 2.74 bits per heavy atom. The van der Waals surface area contributed by atoms with Gasteiger partial charge < -0.3 is 10.0 Å². The SMILES string of the molecule is O=C(O)N1CCn2nc(Br)c(-c3ccncc3)c2C1. The van der Waals surface area contributed by atoms with Gasteiger partial charge in [-0.25, -0.2) is 4.79 Å². The number of nitrogens with zero attached hydrogens (tertiary/aromatic N) is 4. The standard InChI is InChI=1S/C12H11BrN4O2/c13-11-10(8-1-3-14-4-2-8)9-7-16(12(18)19)5-6-17(9)15-11/h1-4H,5-7H2,(H,18,19). The van der Waals surface area contributed by atoms with Crippen LogP contribution >= 0.6 is 15.9 Å². The van der Waals surface area contributed by atoms with E-state index in [1.54, 1.807) is 12.4 Å².